The molecule has 0 unspecified atom stereocenters. The van der Waals surface area contributed by atoms with E-state index in [4.69, 9.17) is 0 Å². The van der Waals surface area contributed by atoms with Crippen LogP contribution in [0.3, 0.4) is 0 Å². The van der Waals surface area contributed by atoms with E-state index in [2.05, 4.69) is 15.5 Å². The summed E-state index contributed by atoms with van der Waals surface area (Å²) >= 11 is 0. The second kappa shape index (κ2) is 6.46. The number of hydrogen-bond acceptors (Lipinski definition) is 4. The molecule has 1 aliphatic rings. The lowest BCUT2D eigenvalue weighted by Gasteiger charge is -2.15. The highest BCUT2D eigenvalue weighted by Crippen LogP contribution is 2.35. The number of likely N-dealkylation sites (tertiary alicyclic amines) is 1. The maximum atomic E-state index is 13.0. The van der Waals surface area contributed by atoms with Gasteiger partial charge in [0, 0.05) is 13.1 Å². The van der Waals surface area contributed by atoms with Crippen molar-refractivity contribution in [1.29, 1.82) is 0 Å². The van der Waals surface area contributed by atoms with Crippen LogP contribution in [-0.4, -0.2) is 34.1 Å². The number of carbonyl (C=O) groups is 1. The number of nitrogens with zero attached hydrogens (tertiary/aromatic N) is 3. The topological polar surface area (TPSA) is 58.1 Å². The van der Waals surface area contributed by atoms with Gasteiger partial charge in [0.25, 0.3) is 5.91 Å². The first-order chi connectivity index (χ1) is 11.4. The molecule has 0 saturated carbocycles. The molecule has 1 saturated heterocycles. The van der Waals surface area contributed by atoms with Crippen molar-refractivity contribution < 1.29 is 18.0 Å². The van der Waals surface area contributed by atoms with Crippen LogP contribution in [0.2, 0.25) is 0 Å². The third-order valence-electron chi connectivity index (χ3n) is 3.77. The van der Waals surface area contributed by atoms with Gasteiger partial charge in [-0.25, -0.2) is 0 Å². The first-order valence-corrected chi connectivity index (χ1v) is 7.51. The van der Waals surface area contributed by atoms with E-state index < -0.39 is 11.7 Å². The molecule has 5 nitrogen and oxygen atoms in total. The van der Waals surface area contributed by atoms with Crippen molar-refractivity contribution in [2.75, 3.05) is 18.4 Å². The summed E-state index contributed by atoms with van der Waals surface area (Å²) < 4.78 is 38.9. The Morgan fingerprint density at radius 2 is 1.75 bits per heavy atom. The number of carbonyl (C=O) groups excluding carboxylic acids is 1. The van der Waals surface area contributed by atoms with E-state index in [1.807, 2.05) is 0 Å². The lowest BCUT2D eigenvalue weighted by Crippen LogP contribution is -2.28. The van der Waals surface area contributed by atoms with E-state index in [1.165, 1.54) is 30.3 Å². The molecule has 0 aliphatic carbocycles. The summed E-state index contributed by atoms with van der Waals surface area (Å²) in [5.74, 6) is -0.0630. The van der Waals surface area contributed by atoms with Crippen molar-refractivity contribution in [2.45, 2.75) is 19.0 Å². The number of nitrogens with one attached hydrogen (secondary N) is 1. The molecule has 0 radical (unpaired) electrons. The number of benzene rings is 1. The second-order valence-electron chi connectivity index (χ2n) is 5.47. The molecule has 3 rings (SSSR count). The summed E-state index contributed by atoms with van der Waals surface area (Å²) in [5, 5.41) is 10.2. The molecule has 8 heteroatoms. The van der Waals surface area contributed by atoms with E-state index in [1.54, 1.807) is 4.90 Å². The molecule has 2 aromatic rings. The number of halogens is 3. The molecule has 1 fully saturated rings. The lowest BCUT2D eigenvalue weighted by molar-refractivity contribution is -0.136. The zero-order valence-corrected chi connectivity index (χ0v) is 12.7. The van der Waals surface area contributed by atoms with Crippen molar-refractivity contribution in [3.63, 3.8) is 0 Å². The van der Waals surface area contributed by atoms with Crippen LogP contribution in [-0.2, 0) is 6.18 Å². The van der Waals surface area contributed by atoms with Gasteiger partial charge in [-0.15, -0.1) is 10.2 Å². The summed E-state index contributed by atoms with van der Waals surface area (Å²) in [5.41, 5.74) is -0.714. The fourth-order valence-electron chi connectivity index (χ4n) is 2.57. The van der Waals surface area contributed by atoms with Gasteiger partial charge in [0.05, 0.1) is 11.3 Å². The summed E-state index contributed by atoms with van der Waals surface area (Å²) in [6.07, 6.45) is -2.54. The van der Waals surface area contributed by atoms with Gasteiger partial charge in [-0.1, -0.05) is 12.1 Å². The molecular weight excluding hydrogens is 321 g/mol. The average Bonchev–Trinajstić information content (AvgIpc) is 3.09. The highest BCUT2D eigenvalue weighted by molar-refractivity contribution is 5.92. The molecule has 0 atom stereocenters. The van der Waals surface area contributed by atoms with Crippen LogP contribution in [0.15, 0.2) is 36.4 Å². The van der Waals surface area contributed by atoms with E-state index in [0.29, 0.717) is 13.1 Å². The number of rotatable bonds is 3. The third-order valence-corrected chi connectivity index (χ3v) is 3.77. The number of anilines is 2. The van der Waals surface area contributed by atoms with Gasteiger partial charge < -0.3 is 10.2 Å². The Kier molecular flexibility index (Phi) is 4.37. The zero-order chi connectivity index (χ0) is 17.2. The smallest absolute Gasteiger partial charge is 0.338 e. The van der Waals surface area contributed by atoms with Crippen molar-refractivity contribution >= 4 is 17.4 Å². The molecule has 2 heterocycles. The maximum absolute atomic E-state index is 13.0. The molecule has 1 aliphatic heterocycles. The van der Waals surface area contributed by atoms with Crippen LogP contribution in [0.4, 0.5) is 24.7 Å². The fraction of sp³-hybridized carbons (Fsp3) is 0.312. The van der Waals surface area contributed by atoms with Crippen molar-refractivity contribution in [2.24, 2.45) is 0 Å². The Labute approximate surface area is 136 Å². The van der Waals surface area contributed by atoms with Crippen molar-refractivity contribution in [1.82, 2.24) is 15.1 Å². The minimum Gasteiger partial charge on any atom is -0.338 e. The quantitative estimate of drug-likeness (QED) is 0.932. The number of aromatic nitrogens is 2. The largest absolute Gasteiger partial charge is 0.418 e. The van der Waals surface area contributed by atoms with Crippen LogP contribution in [0.1, 0.15) is 28.9 Å². The molecule has 1 amide bonds. The van der Waals surface area contributed by atoms with E-state index in [-0.39, 0.29) is 23.1 Å². The lowest BCUT2D eigenvalue weighted by atomic mass is 10.1. The van der Waals surface area contributed by atoms with E-state index in [0.717, 1.165) is 18.9 Å². The normalized spacial score (nSPS) is 14.7. The van der Waals surface area contributed by atoms with Crippen molar-refractivity contribution in [3.8, 4) is 0 Å². The zero-order valence-electron chi connectivity index (χ0n) is 12.7. The molecular formula is C16H15F3N4O. The Hall–Kier alpha value is -2.64. The number of amides is 1. The molecule has 0 bridgehead atoms. The van der Waals surface area contributed by atoms with Gasteiger partial charge in [0.15, 0.2) is 11.5 Å². The average molecular weight is 336 g/mol. The first kappa shape index (κ1) is 16.2. The third kappa shape index (κ3) is 3.47. The Morgan fingerprint density at radius 3 is 2.38 bits per heavy atom. The molecule has 24 heavy (non-hydrogen) atoms. The predicted octanol–water partition coefficient (Wildman–Crippen LogP) is 3.48. The number of para-hydroxylation sites is 1. The molecule has 0 spiro atoms. The van der Waals surface area contributed by atoms with Gasteiger partial charge >= 0.3 is 6.18 Å². The highest BCUT2D eigenvalue weighted by Gasteiger charge is 2.33. The highest BCUT2D eigenvalue weighted by atomic mass is 19.4. The summed E-state index contributed by atoms with van der Waals surface area (Å²) in [4.78, 5) is 13.8. The van der Waals surface area contributed by atoms with Gasteiger partial charge in [0.1, 0.15) is 0 Å². The van der Waals surface area contributed by atoms with Crippen LogP contribution in [0.25, 0.3) is 0 Å². The van der Waals surface area contributed by atoms with Crippen LogP contribution < -0.4 is 5.32 Å². The molecule has 1 N–H and O–H groups in total. The van der Waals surface area contributed by atoms with Crippen LogP contribution in [0.5, 0.6) is 0 Å². The molecule has 126 valence electrons. The Morgan fingerprint density at radius 1 is 1.04 bits per heavy atom. The Bertz CT molecular complexity index is 725. The number of alkyl halides is 3. The number of hydrogen-bond donors (Lipinski definition) is 1. The molecule has 1 aromatic carbocycles. The maximum Gasteiger partial charge on any atom is 0.418 e. The van der Waals surface area contributed by atoms with E-state index in [9.17, 15) is 18.0 Å². The van der Waals surface area contributed by atoms with Gasteiger partial charge in [-0.3, -0.25) is 4.79 Å². The Balaban J connectivity index is 1.76. The second-order valence-corrected chi connectivity index (χ2v) is 5.47. The van der Waals surface area contributed by atoms with Gasteiger partial charge in [0.2, 0.25) is 0 Å². The fourth-order valence-corrected chi connectivity index (χ4v) is 2.57. The minimum absolute atomic E-state index is 0.113. The van der Waals surface area contributed by atoms with Gasteiger partial charge in [-0.2, -0.15) is 13.2 Å². The summed E-state index contributed by atoms with van der Waals surface area (Å²) in [6.45, 7) is 1.39. The molecule has 1 aromatic heterocycles. The standard InChI is InChI=1S/C16H15F3N4O/c17-16(18,19)11-5-1-2-6-12(11)20-14-8-7-13(21-22-14)15(24)23-9-3-4-10-23/h1-2,5-8H,3-4,9-10H2,(H,20,22). The SMILES string of the molecule is O=C(c1ccc(Nc2ccccc2C(F)(F)F)nn1)N1CCCC1. The van der Waals surface area contributed by atoms with Crippen LogP contribution in [0, 0.1) is 0 Å². The van der Waals surface area contributed by atoms with Gasteiger partial charge in [-0.05, 0) is 37.1 Å². The van der Waals surface area contributed by atoms with Crippen molar-refractivity contribution in [3.05, 3.63) is 47.7 Å². The summed E-state index contributed by atoms with van der Waals surface area (Å²) in [7, 11) is 0. The summed E-state index contributed by atoms with van der Waals surface area (Å²) in [6, 6.07) is 8.03. The first-order valence-electron chi connectivity index (χ1n) is 7.51. The monoisotopic (exact) mass is 336 g/mol. The minimum atomic E-state index is -4.47. The van der Waals surface area contributed by atoms with Crippen LogP contribution >= 0.6 is 0 Å². The predicted molar refractivity (Wildman–Crippen MR) is 81.9 cm³/mol. The van der Waals surface area contributed by atoms with E-state index >= 15 is 0 Å².